The molecule has 10 heteroatoms. The third kappa shape index (κ3) is 4.86. The lowest BCUT2D eigenvalue weighted by Gasteiger charge is -2.15. The van der Waals surface area contributed by atoms with Gasteiger partial charge in [0.15, 0.2) is 0 Å². The molecule has 0 heterocycles. The minimum absolute atomic E-state index is 0.00429. The van der Waals surface area contributed by atoms with E-state index in [4.69, 9.17) is 22.2 Å². The molecule has 1 rings (SSSR count). The summed E-state index contributed by atoms with van der Waals surface area (Å²) >= 11 is 4.84. The quantitative estimate of drug-likeness (QED) is 0.271. The molecule has 0 bridgehead atoms. The Kier molecular flexibility index (Phi) is 5.84. The highest BCUT2D eigenvalue weighted by Crippen LogP contribution is 2.37. The largest absolute Gasteiger partial charge is 0.500 e. The molecular formula is C14H10F6N2OS. The van der Waals surface area contributed by atoms with E-state index >= 15 is 0 Å². The van der Waals surface area contributed by atoms with E-state index in [1.807, 2.05) is 0 Å². The molecular weight excluding hydrogens is 358 g/mol. The van der Waals surface area contributed by atoms with Gasteiger partial charge in [0.05, 0.1) is 18.2 Å². The molecule has 0 atom stereocenters. The highest BCUT2D eigenvalue weighted by molar-refractivity contribution is 7.81. The van der Waals surface area contributed by atoms with Crippen LogP contribution in [0.25, 0.3) is 0 Å². The maximum atomic E-state index is 12.8. The van der Waals surface area contributed by atoms with Gasteiger partial charge in [-0.1, -0.05) is 12.2 Å². The Morgan fingerprint density at radius 2 is 1.54 bits per heavy atom. The summed E-state index contributed by atoms with van der Waals surface area (Å²) in [4.78, 5) is -0.357. The van der Waals surface area contributed by atoms with Gasteiger partial charge in [-0.15, -0.1) is 0 Å². The number of anilines is 1. The minimum atomic E-state index is -4.98. The summed E-state index contributed by atoms with van der Waals surface area (Å²) in [6.07, 6.45) is -9.95. The summed E-state index contributed by atoms with van der Waals surface area (Å²) < 4.78 is 81.4. The first kappa shape index (κ1) is 19.8. The van der Waals surface area contributed by atoms with E-state index in [0.29, 0.717) is 12.1 Å². The molecule has 1 aromatic carbocycles. The molecule has 0 aromatic heterocycles. The number of nitriles is 1. The fourth-order valence-corrected chi connectivity index (χ4v) is 1.92. The predicted molar refractivity (Wildman–Crippen MR) is 78.0 cm³/mol. The van der Waals surface area contributed by atoms with Crippen LogP contribution in [0.3, 0.4) is 0 Å². The molecule has 0 saturated carbocycles. The van der Waals surface area contributed by atoms with Crippen molar-refractivity contribution in [3.05, 3.63) is 40.7 Å². The van der Waals surface area contributed by atoms with Crippen LogP contribution in [0.2, 0.25) is 0 Å². The second kappa shape index (κ2) is 7.09. The highest BCUT2D eigenvalue weighted by Gasteiger charge is 2.37. The zero-order valence-electron chi connectivity index (χ0n) is 12.3. The third-order valence-electron chi connectivity index (χ3n) is 2.84. The van der Waals surface area contributed by atoms with Gasteiger partial charge in [-0.25, -0.2) is 0 Å². The number of thiocarbonyl (C=S) groups is 1. The van der Waals surface area contributed by atoms with Crippen molar-refractivity contribution in [2.45, 2.75) is 19.3 Å². The van der Waals surface area contributed by atoms with Crippen LogP contribution in [-0.4, -0.2) is 12.1 Å². The molecule has 24 heavy (non-hydrogen) atoms. The Hall–Kier alpha value is -2.28. The smallest absolute Gasteiger partial charge is 0.416 e. The molecule has 0 radical (unpaired) electrons. The lowest BCUT2D eigenvalue weighted by Crippen LogP contribution is -2.16. The van der Waals surface area contributed by atoms with Gasteiger partial charge in [0.25, 0.3) is 0 Å². The van der Waals surface area contributed by atoms with Crippen LogP contribution in [0.5, 0.6) is 0 Å². The van der Waals surface area contributed by atoms with E-state index in [-0.39, 0.29) is 22.4 Å². The average molecular weight is 368 g/mol. The van der Waals surface area contributed by atoms with Gasteiger partial charge in [0.1, 0.15) is 22.4 Å². The van der Waals surface area contributed by atoms with Crippen molar-refractivity contribution in [2.24, 2.45) is 0 Å². The van der Waals surface area contributed by atoms with E-state index in [2.05, 4.69) is 5.32 Å². The molecule has 3 nitrogen and oxygen atoms in total. The Bertz CT molecular complexity index is 683. The molecule has 0 saturated heterocycles. The third-order valence-corrected chi connectivity index (χ3v) is 3.15. The molecule has 1 N–H and O–H groups in total. The standard InChI is InChI=1S/C14H10F6N2OS/c1-7(23-2)11(6-21)12(24)22-10-4-8(13(15,16)17)3-9(5-10)14(18,19)20/h3-5H,1-2H3,(H,22,24)/b11-7-. The number of ether oxygens (including phenoxy) is 1. The van der Waals surface area contributed by atoms with E-state index in [0.717, 1.165) is 0 Å². The summed E-state index contributed by atoms with van der Waals surface area (Å²) in [5, 5.41) is 11.2. The van der Waals surface area contributed by atoms with E-state index in [9.17, 15) is 26.3 Å². The number of rotatable bonds is 3. The van der Waals surface area contributed by atoms with Crippen LogP contribution in [0, 0.1) is 11.3 Å². The number of benzene rings is 1. The number of nitrogens with zero attached hydrogens (tertiary/aromatic N) is 1. The van der Waals surface area contributed by atoms with Gasteiger partial charge in [-0.2, -0.15) is 31.6 Å². The first-order chi connectivity index (χ1) is 10.9. The predicted octanol–water partition coefficient (Wildman–Crippen LogP) is 4.91. The second-order valence-corrected chi connectivity index (χ2v) is 4.90. The van der Waals surface area contributed by atoms with Crippen molar-refractivity contribution >= 4 is 22.9 Å². The van der Waals surface area contributed by atoms with Crippen molar-refractivity contribution in [2.75, 3.05) is 12.4 Å². The van der Waals surface area contributed by atoms with Crippen molar-refractivity contribution in [1.82, 2.24) is 0 Å². The summed E-state index contributed by atoms with van der Waals surface area (Å²) in [6, 6.07) is 2.61. The number of alkyl halides is 6. The molecule has 0 aliphatic heterocycles. The first-order valence-corrected chi connectivity index (χ1v) is 6.56. The lowest BCUT2D eigenvalue weighted by atomic mass is 10.1. The average Bonchev–Trinajstić information content (AvgIpc) is 2.45. The maximum absolute atomic E-state index is 12.8. The summed E-state index contributed by atoms with van der Waals surface area (Å²) in [5.74, 6) is 0.0676. The van der Waals surface area contributed by atoms with Gasteiger partial charge >= 0.3 is 12.4 Å². The van der Waals surface area contributed by atoms with Gasteiger partial charge in [-0.3, -0.25) is 0 Å². The lowest BCUT2D eigenvalue weighted by molar-refractivity contribution is -0.143. The van der Waals surface area contributed by atoms with Crippen molar-refractivity contribution in [1.29, 1.82) is 5.26 Å². The van der Waals surface area contributed by atoms with E-state index in [1.165, 1.54) is 14.0 Å². The number of hydrogen-bond acceptors (Lipinski definition) is 3. The minimum Gasteiger partial charge on any atom is -0.500 e. The second-order valence-electron chi connectivity index (χ2n) is 4.50. The topological polar surface area (TPSA) is 45.0 Å². The van der Waals surface area contributed by atoms with E-state index in [1.54, 1.807) is 6.07 Å². The Morgan fingerprint density at radius 3 is 1.88 bits per heavy atom. The summed E-state index contributed by atoms with van der Waals surface area (Å²) in [5.41, 5.74) is -3.74. The fourth-order valence-electron chi connectivity index (χ4n) is 1.61. The zero-order chi connectivity index (χ0) is 18.7. The molecule has 0 fully saturated rings. The number of hydrogen-bond donors (Lipinski definition) is 1. The molecule has 130 valence electrons. The maximum Gasteiger partial charge on any atom is 0.416 e. The van der Waals surface area contributed by atoms with Crippen LogP contribution in [-0.2, 0) is 17.1 Å². The number of allylic oxidation sites excluding steroid dienone is 1. The highest BCUT2D eigenvalue weighted by atomic mass is 32.1. The number of methoxy groups -OCH3 is 1. The molecule has 1 aromatic rings. The molecule has 0 aliphatic carbocycles. The summed E-state index contributed by atoms with van der Waals surface area (Å²) in [7, 11) is 1.24. The van der Waals surface area contributed by atoms with Crippen LogP contribution in [0.15, 0.2) is 29.5 Å². The van der Waals surface area contributed by atoms with E-state index < -0.39 is 29.2 Å². The molecule has 0 unspecified atom stereocenters. The van der Waals surface area contributed by atoms with Gasteiger partial charge in [0.2, 0.25) is 0 Å². The van der Waals surface area contributed by atoms with Gasteiger partial charge in [-0.05, 0) is 25.1 Å². The van der Waals surface area contributed by atoms with Crippen molar-refractivity contribution < 1.29 is 31.1 Å². The monoisotopic (exact) mass is 368 g/mol. The Morgan fingerprint density at radius 1 is 1.08 bits per heavy atom. The number of halogens is 6. The normalized spacial score (nSPS) is 13.0. The fraction of sp³-hybridized carbons (Fsp3) is 0.286. The SMILES string of the molecule is CO/C(C)=C(/C#N)C(=S)Nc1cc(C(F)(F)F)cc(C(F)(F)F)c1. The summed E-state index contributed by atoms with van der Waals surface area (Å²) in [6.45, 7) is 1.37. The Balaban J connectivity index is 3.35. The van der Waals surface area contributed by atoms with Crippen molar-refractivity contribution in [3.63, 3.8) is 0 Å². The molecule has 0 aliphatic rings. The van der Waals surface area contributed by atoms with Gasteiger partial charge in [0, 0.05) is 5.69 Å². The van der Waals surface area contributed by atoms with Crippen LogP contribution >= 0.6 is 12.2 Å². The van der Waals surface area contributed by atoms with Crippen LogP contribution < -0.4 is 5.32 Å². The first-order valence-electron chi connectivity index (χ1n) is 6.16. The molecule has 0 spiro atoms. The Labute approximate surface area is 138 Å². The van der Waals surface area contributed by atoms with Crippen molar-refractivity contribution in [3.8, 4) is 6.07 Å². The van der Waals surface area contributed by atoms with Crippen LogP contribution in [0.1, 0.15) is 18.1 Å². The van der Waals surface area contributed by atoms with Gasteiger partial charge < -0.3 is 10.1 Å². The zero-order valence-corrected chi connectivity index (χ0v) is 13.1. The number of nitrogens with one attached hydrogen (secondary N) is 1. The molecule has 0 amide bonds. The van der Waals surface area contributed by atoms with Crippen LogP contribution in [0.4, 0.5) is 32.0 Å².